The van der Waals surface area contributed by atoms with Gasteiger partial charge >= 0.3 is 0 Å². The highest BCUT2D eigenvalue weighted by atomic mass is 16.5. The lowest BCUT2D eigenvalue weighted by molar-refractivity contribution is -0.128. The van der Waals surface area contributed by atoms with E-state index in [1.54, 1.807) is 0 Å². The van der Waals surface area contributed by atoms with Gasteiger partial charge in [-0.1, -0.05) is 31.2 Å². The van der Waals surface area contributed by atoms with Crippen LogP contribution in [0.1, 0.15) is 59.7 Å². The number of ether oxygens (including phenoxy) is 1. The van der Waals surface area contributed by atoms with Gasteiger partial charge in [0.05, 0.1) is 6.04 Å². The largest absolute Gasteiger partial charge is 0.480 e. The Bertz CT molecular complexity index is 795. The normalized spacial score (nSPS) is 13.2. The summed E-state index contributed by atoms with van der Waals surface area (Å²) in [5, 5.41) is 3.13. The second-order valence-corrected chi connectivity index (χ2v) is 7.31. The van der Waals surface area contributed by atoms with Crippen LogP contribution in [-0.4, -0.2) is 12.0 Å². The minimum Gasteiger partial charge on any atom is -0.480 e. The van der Waals surface area contributed by atoms with Crippen LogP contribution in [-0.2, 0) is 4.79 Å². The van der Waals surface area contributed by atoms with E-state index in [0.717, 1.165) is 22.4 Å². The summed E-state index contributed by atoms with van der Waals surface area (Å²) in [7, 11) is 0. The van der Waals surface area contributed by atoms with E-state index in [4.69, 9.17) is 4.74 Å². The van der Waals surface area contributed by atoms with Gasteiger partial charge in [0.15, 0.2) is 6.10 Å². The second kappa shape index (κ2) is 8.39. The molecular weight excluding hydrogens is 322 g/mol. The molecule has 1 amide bonds. The number of amides is 1. The van der Waals surface area contributed by atoms with Crippen molar-refractivity contribution in [3.8, 4) is 5.75 Å². The van der Waals surface area contributed by atoms with E-state index < -0.39 is 6.10 Å². The molecule has 0 spiro atoms. The van der Waals surface area contributed by atoms with Crippen LogP contribution < -0.4 is 10.1 Å². The number of benzene rings is 2. The van der Waals surface area contributed by atoms with Crippen molar-refractivity contribution in [1.29, 1.82) is 0 Å². The molecule has 0 aliphatic carbocycles. The first-order valence-electron chi connectivity index (χ1n) is 9.35. The van der Waals surface area contributed by atoms with Crippen molar-refractivity contribution in [2.75, 3.05) is 0 Å². The fraction of sp³-hybridized carbons (Fsp3) is 0.435. The predicted molar refractivity (Wildman–Crippen MR) is 108 cm³/mol. The minimum atomic E-state index is -0.496. The Morgan fingerprint density at radius 1 is 0.962 bits per heavy atom. The van der Waals surface area contributed by atoms with Gasteiger partial charge in [-0.25, -0.2) is 0 Å². The quantitative estimate of drug-likeness (QED) is 0.769. The Balaban J connectivity index is 2.13. The predicted octanol–water partition coefficient (Wildman–Crippen LogP) is 5.26. The maximum atomic E-state index is 12.8. The van der Waals surface area contributed by atoms with Crippen molar-refractivity contribution >= 4 is 5.91 Å². The summed E-state index contributed by atoms with van der Waals surface area (Å²) in [5.74, 6) is 0.709. The van der Waals surface area contributed by atoms with Crippen molar-refractivity contribution in [2.24, 2.45) is 0 Å². The van der Waals surface area contributed by atoms with Crippen LogP contribution in [0.4, 0.5) is 0 Å². The van der Waals surface area contributed by atoms with Gasteiger partial charge in [0.2, 0.25) is 0 Å². The van der Waals surface area contributed by atoms with Crippen LogP contribution in [0.25, 0.3) is 0 Å². The third-order valence-electron chi connectivity index (χ3n) is 4.98. The summed E-state index contributed by atoms with van der Waals surface area (Å²) in [4.78, 5) is 12.8. The fourth-order valence-corrected chi connectivity index (χ4v) is 3.14. The van der Waals surface area contributed by atoms with Crippen LogP contribution in [0.15, 0.2) is 30.3 Å². The molecule has 3 heteroatoms. The second-order valence-electron chi connectivity index (χ2n) is 7.31. The number of rotatable bonds is 6. The van der Waals surface area contributed by atoms with E-state index in [-0.39, 0.29) is 11.9 Å². The lowest BCUT2D eigenvalue weighted by Crippen LogP contribution is -2.39. The third kappa shape index (κ3) is 4.66. The Morgan fingerprint density at radius 2 is 1.62 bits per heavy atom. The molecule has 0 radical (unpaired) electrons. The smallest absolute Gasteiger partial charge is 0.261 e. The zero-order valence-electron chi connectivity index (χ0n) is 17.1. The number of hydrogen-bond donors (Lipinski definition) is 1. The van der Waals surface area contributed by atoms with Gasteiger partial charge in [-0.05, 0) is 87.4 Å². The molecule has 0 unspecified atom stereocenters. The van der Waals surface area contributed by atoms with E-state index in [1.807, 2.05) is 45.9 Å². The van der Waals surface area contributed by atoms with E-state index >= 15 is 0 Å². The van der Waals surface area contributed by atoms with Gasteiger partial charge in [-0.2, -0.15) is 0 Å². The first-order chi connectivity index (χ1) is 12.2. The Hall–Kier alpha value is -2.29. The highest BCUT2D eigenvalue weighted by Crippen LogP contribution is 2.24. The van der Waals surface area contributed by atoms with E-state index in [9.17, 15) is 4.79 Å². The first-order valence-corrected chi connectivity index (χ1v) is 9.35. The van der Waals surface area contributed by atoms with Crippen LogP contribution in [0, 0.1) is 34.6 Å². The van der Waals surface area contributed by atoms with Gasteiger partial charge in [0.1, 0.15) is 5.75 Å². The number of carbonyl (C=O) groups excluding carboxylic acids is 1. The summed E-state index contributed by atoms with van der Waals surface area (Å²) >= 11 is 0. The number of carbonyl (C=O) groups is 1. The van der Waals surface area contributed by atoms with Crippen LogP contribution in [0.5, 0.6) is 5.75 Å². The van der Waals surface area contributed by atoms with Gasteiger partial charge in [-0.3, -0.25) is 4.79 Å². The minimum absolute atomic E-state index is 0.0574. The van der Waals surface area contributed by atoms with Crippen molar-refractivity contribution in [3.05, 3.63) is 63.7 Å². The molecule has 140 valence electrons. The average molecular weight is 354 g/mol. The van der Waals surface area contributed by atoms with Gasteiger partial charge < -0.3 is 10.1 Å². The monoisotopic (exact) mass is 353 g/mol. The van der Waals surface area contributed by atoms with E-state index in [1.165, 1.54) is 16.7 Å². The molecule has 0 heterocycles. The standard InChI is InChI=1S/C23H31NO2/c1-8-21(26-22-11-14(2)9-10-15(22)3)23(25)24-19(7)20-13-17(5)16(4)12-18(20)6/h9-13,19,21H,8H2,1-7H3,(H,24,25)/t19-,21+/m1/s1. The molecule has 26 heavy (non-hydrogen) atoms. The van der Waals surface area contributed by atoms with Gasteiger partial charge in [-0.15, -0.1) is 0 Å². The molecule has 2 aromatic rings. The average Bonchev–Trinajstić information content (AvgIpc) is 2.58. The van der Waals surface area contributed by atoms with Gasteiger partial charge in [0.25, 0.3) is 5.91 Å². The number of aryl methyl sites for hydroxylation is 5. The maximum absolute atomic E-state index is 12.8. The SMILES string of the molecule is CC[C@H](Oc1cc(C)ccc1C)C(=O)N[C@H](C)c1cc(C)c(C)cc1C. The van der Waals surface area contributed by atoms with Crippen LogP contribution in [0.3, 0.4) is 0 Å². The lowest BCUT2D eigenvalue weighted by atomic mass is 9.96. The zero-order chi connectivity index (χ0) is 19.4. The summed E-state index contributed by atoms with van der Waals surface area (Å²) in [6.45, 7) is 14.3. The summed E-state index contributed by atoms with van der Waals surface area (Å²) in [5.41, 5.74) is 7.03. The van der Waals surface area contributed by atoms with E-state index in [2.05, 4.69) is 38.2 Å². The molecule has 1 N–H and O–H groups in total. The lowest BCUT2D eigenvalue weighted by Gasteiger charge is -2.23. The van der Waals surface area contributed by atoms with Crippen LogP contribution in [0.2, 0.25) is 0 Å². The molecule has 0 aromatic heterocycles. The Morgan fingerprint density at radius 3 is 2.27 bits per heavy atom. The highest BCUT2D eigenvalue weighted by molar-refractivity contribution is 5.81. The highest BCUT2D eigenvalue weighted by Gasteiger charge is 2.22. The fourth-order valence-electron chi connectivity index (χ4n) is 3.14. The molecular formula is C23H31NO2. The molecule has 0 saturated heterocycles. The van der Waals surface area contributed by atoms with Crippen LogP contribution >= 0.6 is 0 Å². The van der Waals surface area contributed by atoms with Crippen molar-refractivity contribution in [1.82, 2.24) is 5.32 Å². The third-order valence-corrected chi connectivity index (χ3v) is 4.98. The molecule has 2 atom stereocenters. The first kappa shape index (κ1) is 20.0. The number of hydrogen-bond acceptors (Lipinski definition) is 2. The van der Waals surface area contributed by atoms with Gasteiger partial charge in [0, 0.05) is 0 Å². The van der Waals surface area contributed by atoms with E-state index in [0.29, 0.717) is 6.42 Å². The molecule has 0 aliphatic heterocycles. The Kier molecular flexibility index (Phi) is 6.47. The molecule has 0 aliphatic rings. The molecule has 2 rings (SSSR count). The summed E-state index contributed by atoms with van der Waals surface area (Å²) < 4.78 is 6.03. The maximum Gasteiger partial charge on any atom is 0.261 e. The molecule has 2 aromatic carbocycles. The number of nitrogens with one attached hydrogen (secondary N) is 1. The molecule has 0 fully saturated rings. The zero-order valence-corrected chi connectivity index (χ0v) is 17.1. The summed E-state index contributed by atoms with van der Waals surface area (Å²) in [6.07, 6.45) is 0.127. The molecule has 0 saturated carbocycles. The topological polar surface area (TPSA) is 38.3 Å². The molecule has 3 nitrogen and oxygen atoms in total. The molecule has 0 bridgehead atoms. The van der Waals surface area contributed by atoms with Crippen molar-refractivity contribution < 1.29 is 9.53 Å². The van der Waals surface area contributed by atoms with Crippen molar-refractivity contribution in [3.63, 3.8) is 0 Å². The Labute approximate surface area is 157 Å². The van der Waals surface area contributed by atoms with Crippen molar-refractivity contribution in [2.45, 2.75) is 67.0 Å². The summed E-state index contributed by atoms with van der Waals surface area (Å²) in [6, 6.07) is 10.4.